The summed E-state index contributed by atoms with van der Waals surface area (Å²) in [6.45, 7) is 12.4. The predicted molar refractivity (Wildman–Crippen MR) is 165 cm³/mol. The average molecular weight is 580 g/mol. The molecule has 1 N–H and O–H groups in total. The minimum absolute atomic E-state index is 0.0631. The molecule has 9 nitrogen and oxygen atoms in total. The summed E-state index contributed by atoms with van der Waals surface area (Å²) in [6, 6.07) is 15.1. The first-order valence-electron chi connectivity index (χ1n) is 14.2. The lowest BCUT2D eigenvalue weighted by molar-refractivity contribution is -0.144. The first kappa shape index (κ1) is 32.1. The van der Waals surface area contributed by atoms with Crippen LogP contribution in [0.25, 0.3) is 0 Å². The van der Waals surface area contributed by atoms with E-state index < -0.39 is 32.0 Å². The monoisotopic (exact) mass is 579 g/mol. The number of anilines is 2. The van der Waals surface area contributed by atoms with E-state index in [0.717, 1.165) is 5.56 Å². The average Bonchev–Trinajstić information content (AvgIpc) is 3.02. The van der Waals surface area contributed by atoms with Crippen LogP contribution in [0.2, 0.25) is 16.6 Å². The Morgan fingerprint density at radius 2 is 1.49 bits per heavy atom. The number of ether oxygens (including phenoxy) is 1. The molecule has 1 atom stereocenters. The molecule has 3 rings (SSSR count). The fourth-order valence-corrected chi connectivity index (χ4v) is 11.4. The van der Waals surface area contributed by atoms with Crippen molar-refractivity contribution in [3.05, 3.63) is 60.2 Å². The maximum absolute atomic E-state index is 13.8. The zero-order valence-corrected chi connectivity index (χ0v) is 26.2. The first-order chi connectivity index (χ1) is 19.4. The van der Waals surface area contributed by atoms with Gasteiger partial charge in [0.25, 0.3) is 11.8 Å². The second kappa shape index (κ2) is 14.0. The number of nitrogens with zero attached hydrogens (tertiary/aromatic N) is 2. The molecule has 0 fully saturated rings. The molecule has 11 heteroatoms. The summed E-state index contributed by atoms with van der Waals surface area (Å²) in [5.41, 5.74) is 2.54. The summed E-state index contributed by atoms with van der Waals surface area (Å²) in [4.78, 5) is 55.4. The number of rotatable bonds is 11. The Bertz CT molecular complexity index is 1220. The zero-order valence-electron chi connectivity index (χ0n) is 25.2. The van der Waals surface area contributed by atoms with Crippen LogP contribution in [0.1, 0.15) is 47.1 Å². The van der Waals surface area contributed by atoms with E-state index in [0.29, 0.717) is 11.4 Å². The molecule has 0 aromatic heterocycles. The molecule has 0 spiro atoms. The van der Waals surface area contributed by atoms with E-state index in [9.17, 15) is 19.2 Å². The van der Waals surface area contributed by atoms with Gasteiger partial charge in [-0.2, -0.15) is 0 Å². The lowest BCUT2D eigenvalue weighted by Crippen LogP contribution is -2.54. The molecule has 2 aromatic carbocycles. The number of fused-ring (bicyclic) bond motifs is 1. The Morgan fingerprint density at radius 1 is 0.927 bits per heavy atom. The van der Waals surface area contributed by atoms with Gasteiger partial charge in [-0.25, -0.2) is 0 Å². The summed E-state index contributed by atoms with van der Waals surface area (Å²) in [5.74, 6) is -1.84. The number of nitrogens with one attached hydrogen (secondary N) is 1. The molecule has 0 unspecified atom stereocenters. The molecular formula is C30H42BN3O6Si. The molecule has 2 aromatic rings. The largest absolute Gasteiger partial charge is 0.459 e. The summed E-state index contributed by atoms with van der Waals surface area (Å²) in [5, 5.41) is 2.67. The molecule has 41 heavy (non-hydrogen) atoms. The van der Waals surface area contributed by atoms with Crippen LogP contribution < -0.4 is 15.1 Å². The quantitative estimate of drug-likeness (QED) is 0.319. The highest BCUT2D eigenvalue weighted by atomic mass is 28.4. The maximum atomic E-state index is 13.8. The molecule has 1 heterocycles. The third-order valence-electron chi connectivity index (χ3n) is 7.75. The van der Waals surface area contributed by atoms with Gasteiger partial charge in [-0.05, 0) is 34.3 Å². The Labute approximate surface area is 245 Å². The standard InChI is InChI=1S/C30H42BN3O6Si/c1-20(2)41(21(3)4,22(5)6)40-19-27(35)33-16-24(32-30(31)38)29(37)34(26-15-11-10-14-25(26)33)17-28(36)39-18-23-12-8-7-9-13-23/h7-15,20-22,24H,16-19,31H2,1-6H3,(H,32,38)/t24-/m0/s1. The highest BCUT2D eigenvalue weighted by Gasteiger charge is 2.46. The smallest absolute Gasteiger partial charge is 0.326 e. The van der Waals surface area contributed by atoms with Gasteiger partial charge in [-0.1, -0.05) is 84.0 Å². The van der Waals surface area contributed by atoms with Crippen molar-refractivity contribution in [2.45, 2.75) is 70.8 Å². The Balaban J connectivity index is 1.92. The van der Waals surface area contributed by atoms with Crippen LogP contribution >= 0.6 is 0 Å². The topological polar surface area (TPSA) is 105 Å². The predicted octanol–water partition coefficient (Wildman–Crippen LogP) is 4.01. The van der Waals surface area contributed by atoms with Crippen LogP contribution in [0.15, 0.2) is 54.6 Å². The van der Waals surface area contributed by atoms with E-state index in [-0.39, 0.29) is 48.8 Å². The minimum atomic E-state index is -2.34. The van der Waals surface area contributed by atoms with Crippen molar-refractivity contribution in [2.24, 2.45) is 0 Å². The van der Waals surface area contributed by atoms with Crippen molar-refractivity contribution in [3.8, 4) is 0 Å². The molecule has 220 valence electrons. The van der Waals surface area contributed by atoms with Gasteiger partial charge in [-0.15, -0.1) is 0 Å². The van der Waals surface area contributed by atoms with E-state index in [1.54, 1.807) is 24.3 Å². The van der Waals surface area contributed by atoms with Crippen molar-refractivity contribution < 1.29 is 28.3 Å². The van der Waals surface area contributed by atoms with Crippen LogP contribution in [0.4, 0.5) is 16.2 Å². The number of esters is 1. The number of amides is 3. The fourth-order valence-electron chi connectivity index (χ4n) is 6.02. The Kier molecular flexibility index (Phi) is 10.9. The number of carbonyl (C=O) groups excluding carboxylic acids is 4. The lowest BCUT2D eigenvalue weighted by atomic mass is 10.1. The molecule has 0 saturated heterocycles. The first-order valence-corrected chi connectivity index (χ1v) is 16.3. The molecule has 1 aliphatic heterocycles. The molecule has 0 aliphatic carbocycles. The van der Waals surface area contributed by atoms with Crippen molar-refractivity contribution in [1.82, 2.24) is 5.32 Å². The van der Waals surface area contributed by atoms with Gasteiger partial charge in [0.05, 0.1) is 17.9 Å². The lowest BCUT2D eigenvalue weighted by Gasteiger charge is -2.42. The van der Waals surface area contributed by atoms with Crippen molar-refractivity contribution in [1.29, 1.82) is 0 Å². The van der Waals surface area contributed by atoms with Gasteiger partial charge in [0.2, 0.25) is 16.2 Å². The zero-order chi connectivity index (χ0) is 30.3. The summed E-state index contributed by atoms with van der Waals surface area (Å²) < 4.78 is 12.0. The fraction of sp³-hybridized carbons (Fsp3) is 0.467. The van der Waals surface area contributed by atoms with Crippen molar-refractivity contribution in [3.63, 3.8) is 0 Å². The summed E-state index contributed by atoms with van der Waals surface area (Å²) in [6.07, 6.45) is 0. The van der Waals surface area contributed by atoms with Crippen molar-refractivity contribution >= 4 is 51.1 Å². The van der Waals surface area contributed by atoms with Gasteiger partial charge < -0.3 is 19.4 Å². The van der Waals surface area contributed by atoms with E-state index in [1.165, 1.54) is 17.6 Å². The van der Waals surface area contributed by atoms with Crippen LogP contribution in [0, 0.1) is 0 Å². The second-order valence-corrected chi connectivity index (χ2v) is 16.9. The third-order valence-corrected chi connectivity index (χ3v) is 13.8. The van der Waals surface area contributed by atoms with Gasteiger partial charge in [0, 0.05) is 0 Å². The minimum Gasteiger partial charge on any atom is -0.459 e. The third kappa shape index (κ3) is 7.45. The number of benzene rings is 2. The van der Waals surface area contributed by atoms with Crippen LogP contribution in [-0.2, 0) is 30.2 Å². The summed E-state index contributed by atoms with van der Waals surface area (Å²) >= 11 is 0. The van der Waals surface area contributed by atoms with Gasteiger partial charge in [-0.3, -0.25) is 24.1 Å². The maximum Gasteiger partial charge on any atom is 0.326 e. The van der Waals surface area contributed by atoms with Crippen LogP contribution in [0.3, 0.4) is 0 Å². The Morgan fingerprint density at radius 3 is 2.05 bits per heavy atom. The van der Waals surface area contributed by atoms with E-state index >= 15 is 0 Å². The van der Waals surface area contributed by atoms with Crippen LogP contribution in [0.5, 0.6) is 0 Å². The second-order valence-electron chi connectivity index (χ2n) is 11.4. The van der Waals surface area contributed by atoms with Crippen LogP contribution in [-0.4, -0.2) is 65.5 Å². The van der Waals surface area contributed by atoms with Gasteiger partial charge >= 0.3 is 5.97 Å². The van der Waals surface area contributed by atoms with Gasteiger partial charge in [0.15, 0.2) is 5.81 Å². The number of para-hydroxylation sites is 2. The number of carbonyl (C=O) groups is 4. The molecule has 0 saturated carbocycles. The normalized spacial score (nSPS) is 15.6. The highest BCUT2D eigenvalue weighted by molar-refractivity contribution is 6.77. The van der Waals surface area contributed by atoms with E-state index in [1.807, 2.05) is 30.3 Å². The Hall–Kier alpha value is -3.44. The van der Waals surface area contributed by atoms with E-state index in [2.05, 4.69) is 46.9 Å². The molecule has 3 amide bonds. The molecule has 0 bridgehead atoms. The molecule has 1 aliphatic rings. The summed E-state index contributed by atoms with van der Waals surface area (Å²) in [7, 11) is -1.03. The van der Waals surface area contributed by atoms with Gasteiger partial charge in [0.1, 0.15) is 25.8 Å². The highest BCUT2D eigenvalue weighted by Crippen LogP contribution is 2.42. The molecule has 0 radical (unpaired) electrons. The number of hydrogen-bond acceptors (Lipinski definition) is 6. The van der Waals surface area contributed by atoms with Crippen molar-refractivity contribution in [2.75, 3.05) is 29.5 Å². The van der Waals surface area contributed by atoms with E-state index in [4.69, 9.17) is 9.16 Å². The number of hydrogen-bond donors (Lipinski definition) is 1. The SMILES string of the molecule is BC(=O)N[C@H]1CN(C(=O)CO[Si](C(C)C)(C(C)C)C(C)C)c2ccccc2N(CC(=O)OCc2ccccc2)C1=O. The molecular weight excluding hydrogens is 537 g/mol.